The van der Waals surface area contributed by atoms with Gasteiger partial charge in [0.1, 0.15) is 0 Å². The summed E-state index contributed by atoms with van der Waals surface area (Å²) < 4.78 is 0. The first-order chi connectivity index (χ1) is 9.45. The van der Waals surface area contributed by atoms with Gasteiger partial charge in [0.2, 0.25) is 0 Å². The molecule has 2 rings (SSSR count). The first-order valence-corrected chi connectivity index (χ1v) is 8.63. The highest BCUT2D eigenvalue weighted by Crippen LogP contribution is 2.35. The molecule has 2 saturated heterocycles. The van der Waals surface area contributed by atoms with Gasteiger partial charge in [-0.1, -0.05) is 13.3 Å². The summed E-state index contributed by atoms with van der Waals surface area (Å²) >= 11 is 0. The SMILES string of the molecule is CCCC1(CN2CCN(C(C)(C)C)CC2)CCNCC1. The van der Waals surface area contributed by atoms with Gasteiger partial charge in [-0.3, -0.25) is 4.90 Å². The predicted octanol–water partition coefficient (Wildman–Crippen LogP) is 2.57. The third kappa shape index (κ3) is 4.19. The van der Waals surface area contributed by atoms with Crippen molar-refractivity contribution in [3.05, 3.63) is 0 Å². The molecule has 0 aromatic heterocycles. The third-order valence-corrected chi connectivity index (χ3v) is 5.32. The van der Waals surface area contributed by atoms with Crippen molar-refractivity contribution < 1.29 is 0 Å². The molecule has 0 unspecified atom stereocenters. The van der Waals surface area contributed by atoms with Crippen LogP contribution in [-0.2, 0) is 0 Å². The third-order valence-electron chi connectivity index (χ3n) is 5.32. The lowest BCUT2D eigenvalue weighted by molar-refractivity contribution is 0.0279. The van der Waals surface area contributed by atoms with Gasteiger partial charge in [-0.25, -0.2) is 0 Å². The topological polar surface area (TPSA) is 18.5 Å². The Hall–Kier alpha value is -0.120. The van der Waals surface area contributed by atoms with Gasteiger partial charge < -0.3 is 10.2 Å². The van der Waals surface area contributed by atoms with Crippen molar-refractivity contribution >= 4 is 0 Å². The average Bonchev–Trinajstić information content (AvgIpc) is 2.39. The van der Waals surface area contributed by atoms with E-state index in [2.05, 4.69) is 42.8 Å². The van der Waals surface area contributed by atoms with Crippen molar-refractivity contribution in [2.24, 2.45) is 5.41 Å². The number of hydrogen-bond acceptors (Lipinski definition) is 3. The van der Waals surface area contributed by atoms with Gasteiger partial charge in [0.15, 0.2) is 0 Å². The van der Waals surface area contributed by atoms with Crippen LogP contribution in [0.1, 0.15) is 53.4 Å². The lowest BCUT2D eigenvalue weighted by atomic mass is 9.75. The molecular weight excluding hydrogens is 246 g/mol. The van der Waals surface area contributed by atoms with Crippen molar-refractivity contribution in [2.45, 2.75) is 58.9 Å². The lowest BCUT2D eigenvalue weighted by Crippen LogP contribution is -2.55. The number of piperazine rings is 1. The highest BCUT2D eigenvalue weighted by molar-refractivity contribution is 4.90. The number of nitrogens with zero attached hydrogens (tertiary/aromatic N) is 2. The molecule has 0 spiro atoms. The molecule has 0 amide bonds. The molecule has 3 heteroatoms. The number of rotatable bonds is 4. The van der Waals surface area contributed by atoms with Crippen LogP contribution in [0.4, 0.5) is 0 Å². The molecule has 0 aromatic carbocycles. The summed E-state index contributed by atoms with van der Waals surface area (Å²) in [7, 11) is 0. The molecule has 20 heavy (non-hydrogen) atoms. The number of hydrogen-bond donors (Lipinski definition) is 1. The van der Waals surface area contributed by atoms with Gasteiger partial charge in [-0.15, -0.1) is 0 Å². The van der Waals surface area contributed by atoms with Crippen LogP contribution >= 0.6 is 0 Å². The maximum Gasteiger partial charge on any atom is 0.0126 e. The zero-order valence-corrected chi connectivity index (χ0v) is 14.2. The van der Waals surface area contributed by atoms with Crippen LogP contribution in [-0.4, -0.2) is 61.2 Å². The Kier molecular flexibility index (Phi) is 5.49. The molecule has 3 nitrogen and oxygen atoms in total. The fourth-order valence-corrected chi connectivity index (χ4v) is 4.03. The largest absolute Gasteiger partial charge is 0.317 e. The molecule has 0 saturated carbocycles. The van der Waals surface area contributed by atoms with Crippen molar-refractivity contribution in [1.82, 2.24) is 15.1 Å². The van der Waals surface area contributed by atoms with Crippen molar-refractivity contribution in [2.75, 3.05) is 45.8 Å². The van der Waals surface area contributed by atoms with Crippen LogP contribution in [0.25, 0.3) is 0 Å². The number of piperidine rings is 1. The number of nitrogens with one attached hydrogen (secondary N) is 1. The molecule has 2 heterocycles. The van der Waals surface area contributed by atoms with E-state index in [9.17, 15) is 0 Å². The highest BCUT2D eigenvalue weighted by atomic mass is 15.3. The van der Waals surface area contributed by atoms with Crippen LogP contribution in [0, 0.1) is 5.41 Å². The summed E-state index contributed by atoms with van der Waals surface area (Å²) in [4.78, 5) is 5.38. The summed E-state index contributed by atoms with van der Waals surface area (Å²) in [6, 6.07) is 0. The maximum absolute atomic E-state index is 3.54. The summed E-state index contributed by atoms with van der Waals surface area (Å²) in [5, 5.41) is 3.54. The van der Waals surface area contributed by atoms with Gasteiger partial charge in [0.05, 0.1) is 0 Å². The van der Waals surface area contributed by atoms with Crippen molar-refractivity contribution in [3.8, 4) is 0 Å². The molecule has 1 N–H and O–H groups in total. The second kappa shape index (κ2) is 6.76. The van der Waals surface area contributed by atoms with E-state index < -0.39 is 0 Å². The summed E-state index contributed by atoms with van der Waals surface area (Å²) in [5.74, 6) is 0. The summed E-state index contributed by atoms with van der Waals surface area (Å²) in [5.41, 5.74) is 0.936. The standard InChI is InChI=1S/C17H35N3/c1-5-6-17(7-9-18-10-8-17)15-19-11-13-20(14-12-19)16(2,3)4/h18H,5-15H2,1-4H3. The average molecular weight is 281 g/mol. The van der Waals surface area contributed by atoms with Gasteiger partial charge in [0, 0.05) is 38.3 Å². The Morgan fingerprint density at radius 1 is 1.00 bits per heavy atom. The molecule has 0 bridgehead atoms. The fraction of sp³-hybridized carbons (Fsp3) is 1.00. The molecule has 0 aliphatic carbocycles. The Morgan fingerprint density at radius 3 is 2.10 bits per heavy atom. The second-order valence-corrected chi connectivity index (χ2v) is 7.93. The van der Waals surface area contributed by atoms with Crippen molar-refractivity contribution in [3.63, 3.8) is 0 Å². The van der Waals surface area contributed by atoms with Crippen LogP contribution in [0.2, 0.25) is 0 Å². The van der Waals surface area contributed by atoms with E-state index in [0.29, 0.717) is 11.0 Å². The molecule has 2 aliphatic rings. The van der Waals surface area contributed by atoms with Gasteiger partial charge >= 0.3 is 0 Å². The van der Waals surface area contributed by atoms with Crippen LogP contribution in [0.3, 0.4) is 0 Å². The quantitative estimate of drug-likeness (QED) is 0.854. The smallest absolute Gasteiger partial charge is 0.0126 e. The fourth-order valence-electron chi connectivity index (χ4n) is 4.03. The highest BCUT2D eigenvalue weighted by Gasteiger charge is 2.34. The summed E-state index contributed by atoms with van der Waals surface area (Å²) in [6.07, 6.45) is 5.50. The van der Waals surface area contributed by atoms with Gasteiger partial charge in [0.25, 0.3) is 0 Å². The van der Waals surface area contributed by atoms with E-state index in [4.69, 9.17) is 0 Å². The Bertz CT molecular complexity index is 276. The monoisotopic (exact) mass is 281 g/mol. The van der Waals surface area contributed by atoms with Crippen LogP contribution < -0.4 is 5.32 Å². The second-order valence-electron chi connectivity index (χ2n) is 7.93. The first kappa shape index (κ1) is 16.3. The van der Waals surface area contributed by atoms with E-state index in [-0.39, 0.29) is 0 Å². The van der Waals surface area contributed by atoms with Gasteiger partial charge in [-0.05, 0) is 58.5 Å². The van der Waals surface area contributed by atoms with Crippen molar-refractivity contribution in [1.29, 1.82) is 0 Å². The zero-order chi connectivity index (χ0) is 14.6. The lowest BCUT2D eigenvalue weighted by Gasteiger charge is -2.46. The summed E-state index contributed by atoms with van der Waals surface area (Å²) in [6.45, 7) is 18.2. The van der Waals surface area contributed by atoms with E-state index in [1.54, 1.807) is 0 Å². The molecule has 2 aliphatic heterocycles. The molecule has 0 radical (unpaired) electrons. The minimum absolute atomic E-state index is 0.335. The van der Waals surface area contributed by atoms with E-state index >= 15 is 0 Å². The molecule has 0 aromatic rings. The van der Waals surface area contributed by atoms with Crippen LogP contribution in [0.15, 0.2) is 0 Å². The Balaban J connectivity index is 1.86. The predicted molar refractivity (Wildman–Crippen MR) is 87.2 cm³/mol. The van der Waals surface area contributed by atoms with E-state index in [1.165, 1.54) is 71.5 Å². The zero-order valence-electron chi connectivity index (χ0n) is 14.2. The minimum atomic E-state index is 0.335. The molecule has 118 valence electrons. The minimum Gasteiger partial charge on any atom is -0.317 e. The van der Waals surface area contributed by atoms with Gasteiger partial charge in [-0.2, -0.15) is 0 Å². The normalized spacial score (nSPS) is 25.8. The maximum atomic E-state index is 3.54. The molecule has 2 fully saturated rings. The Morgan fingerprint density at radius 2 is 1.60 bits per heavy atom. The first-order valence-electron chi connectivity index (χ1n) is 8.63. The van der Waals surface area contributed by atoms with Crippen LogP contribution in [0.5, 0.6) is 0 Å². The molecular formula is C17H35N3. The van der Waals surface area contributed by atoms with E-state index in [1.807, 2.05) is 0 Å². The Labute approximate surface area is 126 Å². The molecule has 0 atom stereocenters. The van der Waals surface area contributed by atoms with E-state index in [0.717, 1.165) is 0 Å².